The minimum Gasteiger partial charge on any atom is -0.356 e. The van der Waals surface area contributed by atoms with E-state index in [1.54, 1.807) is 0 Å². The molecule has 3 rings (SSSR count). The maximum atomic E-state index is 10.8. The second-order valence-corrected chi connectivity index (χ2v) is 5.28. The van der Waals surface area contributed by atoms with E-state index >= 15 is 0 Å². The maximum Gasteiger partial charge on any atom is 0.132 e. The third-order valence-corrected chi connectivity index (χ3v) is 3.92. The number of nitrogens with zero attached hydrogens (tertiary/aromatic N) is 2. The first-order valence-corrected chi connectivity index (χ1v) is 6.84. The van der Waals surface area contributed by atoms with Crippen molar-refractivity contribution in [1.82, 2.24) is 4.98 Å². The van der Waals surface area contributed by atoms with Crippen LogP contribution < -0.4 is 4.90 Å². The molecule has 1 aromatic carbocycles. The van der Waals surface area contributed by atoms with Gasteiger partial charge in [0.1, 0.15) is 12.1 Å². The van der Waals surface area contributed by atoms with Gasteiger partial charge in [0.05, 0.1) is 5.52 Å². The average Bonchev–Trinajstić information content (AvgIpc) is 2.47. The summed E-state index contributed by atoms with van der Waals surface area (Å²) in [7, 11) is 0. The minimum absolute atomic E-state index is 0.233. The summed E-state index contributed by atoms with van der Waals surface area (Å²) in [4.78, 5) is 17.9. The molecule has 0 N–H and O–H groups in total. The summed E-state index contributed by atoms with van der Waals surface area (Å²) in [6.07, 6.45) is 2.98. The smallest absolute Gasteiger partial charge is 0.132 e. The lowest BCUT2D eigenvalue weighted by atomic mass is 9.98. The number of hydrogen-bond donors (Lipinski definition) is 0. The Morgan fingerprint density at radius 3 is 2.74 bits per heavy atom. The molecular weight excluding hydrogens is 236 g/mol. The molecule has 1 aromatic heterocycles. The van der Waals surface area contributed by atoms with Crippen molar-refractivity contribution in [2.24, 2.45) is 5.92 Å². The van der Waals surface area contributed by atoms with Crippen LogP contribution in [-0.4, -0.2) is 24.4 Å². The lowest BCUT2D eigenvalue weighted by molar-refractivity contribution is -0.111. The molecule has 0 radical (unpaired) electrons. The number of benzene rings is 1. The summed E-state index contributed by atoms with van der Waals surface area (Å²) in [5, 5.41) is 1.19. The molecular formula is C16H18N2O. The van der Waals surface area contributed by atoms with E-state index in [4.69, 9.17) is 4.98 Å². The van der Waals surface area contributed by atoms with Crippen LogP contribution in [0.5, 0.6) is 0 Å². The van der Waals surface area contributed by atoms with Crippen molar-refractivity contribution in [2.75, 3.05) is 18.0 Å². The average molecular weight is 254 g/mol. The number of aryl methyl sites for hydroxylation is 1. The fourth-order valence-corrected chi connectivity index (χ4v) is 2.78. The van der Waals surface area contributed by atoms with Gasteiger partial charge in [0.25, 0.3) is 0 Å². The number of fused-ring (bicyclic) bond motifs is 1. The van der Waals surface area contributed by atoms with Crippen molar-refractivity contribution in [1.29, 1.82) is 0 Å². The second kappa shape index (κ2) is 5.00. The predicted octanol–water partition coefficient (Wildman–Crippen LogP) is 2.96. The van der Waals surface area contributed by atoms with Gasteiger partial charge in [-0.1, -0.05) is 18.2 Å². The Bertz CT molecular complexity index is 601. The molecule has 1 aliphatic rings. The first-order chi connectivity index (χ1) is 9.28. The lowest BCUT2D eigenvalue weighted by Crippen LogP contribution is -2.35. The van der Waals surface area contributed by atoms with Crippen LogP contribution in [0.4, 0.5) is 5.82 Å². The van der Waals surface area contributed by atoms with Gasteiger partial charge in [0.15, 0.2) is 0 Å². The van der Waals surface area contributed by atoms with E-state index in [1.165, 1.54) is 10.9 Å². The van der Waals surface area contributed by atoms with E-state index in [2.05, 4.69) is 30.0 Å². The van der Waals surface area contributed by atoms with E-state index < -0.39 is 0 Å². The fourth-order valence-electron chi connectivity index (χ4n) is 2.78. The number of aldehydes is 1. The number of hydrogen-bond acceptors (Lipinski definition) is 3. The highest BCUT2D eigenvalue weighted by Crippen LogP contribution is 2.26. The maximum absolute atomic E-state index is 10.8. The number of carbonyl (C=O) groups excluding carboxylic acids is 1. The first-order valence-electron chi connectivity index (χ1n) is 6.84. The molecule has 0 unspecified atom stereocenters. The molecule has 2 heterocycles. The monoisotopic (exact) mass is 254 g/mol. The van der Waals surface area contributed by atoms with Crippen molar-refractivity contribution in [2.45, 2.75) is 19.8 Å². The Morgan fingerprint density at radius 2 is 2.00 bits per heavy atom. The normalized spacial score (nSPS) is 16.8. The SMILES string of the molecule is Cc1cc2ccccc2nc1N1CCC(C=O)CC1. The van der Waals surface area contributed by atoms with Gasteiger partial charge in [-0.25, -0.2) is 4.98 Å². The van der Waals surface area contributed by atoms with Crippen LogP contribution in [0.15, 0.2) is 30.3 Å². The molecule has 1 fully saturated rings. The third kappa shape index (κ3) is 2.33. The zero-order chi connectivity index (χ0) is 13.2. The predicted molar refractivity (Wildman–Crippen MR) is 77.5 cm³/mol. The number of carbonyl (C=O) groups is 1. The summed E-state index contributed by atoms with van der Waals surface area (Å²) in [6.45, 7) is 3.96. The van der Waals surface area contributed by atoms with Gasteiger partial charge in [0.2, 0.25) is 0 Å². The lowest BCUT2D eigenvalue weighted by Gasteiger charge is -2.31. The number of para-hydroxylation sites is 1. The summed E-state index contributed by atoms with van der Waals surface area (Å²) in [5.74, 6) is 1.31. The highest BCUT2D eigenvalue weighted by molar-refractivity contribution is 5.81. The summed E-state index contributed by atoms with van der Waals surface area (Å²) in [6, 6.07) is 10.4. The molecule has 0 aliphatic carbocycles. The van der Waals surface area contributed by atoms with Gasteiger partial charge in [-0.05, 0) is 37.5 Å². The molecule has 0 atom stereocenters. The molecule has 3 heteroatoms. The van der Waals surface area contributed by atoms with Crippen LogP contribution in [0.2, 0.25) is 0 Å². The molecule has 0 saturated carbocycles. The van der Waals surface area contributed by atoms with E-state index in [0.717, 1.165) is 43.6 Å². The number of rotatable bonds is 2. The van der Waals surface area contributed by atoms with Crippen molar-refractivity contribution < 1.29 is 4.79 Å². The Balaban J connectivity index is 1.92. The number of pyridine rings is 1. The molecule has 0 bridgehead atoms. The van der Waals surface area contributed by atoms with Gasteiger partial charge >= 0.3 is 0 Å². The van der Waals surface area contributed by atoms with Crippen LogP contribution in [0.1, 0.15) is 18.4 Å². The Kier molecular flexibility index (Phi) is 3.20. The van der Waals surface area contributed by atoms with Gasteiger partial charge in [0, 0.05) is 24.4 Å². The van der Waals surface area contributed by atoms with Gasteiger partial charge in [-0.2, -0.15) is 0 Å². The van der Waals surface area contributed by atoms with Crippen LogP contribution in [-0.2, 0) is 4.79 Å². The highest BCUT2D eigenvalue weighted by atomic mass is 16.1. The standard InChI is InChI=1S/C16H18N2O/c1-12-10-14-4-2-3-5-15(14)17-16(12)18-8-6-13(11-19)7-9-18/h2-5,10-11,13H,6-9H2,1H3. The van der Waals surface area contributed by atoms with Gasteiger partial charge < -0.3 is 9.69 Å². The highest BCUT2D eigenvalue weighted by Gasteiger charge is 2.20. The molecule has 2 aromatic rings. The minimum atomic E-state index is 0.233. The second-order valence-electron chi connectivity index (χ2n) is 5.28. The molecule has 98 valence electrons. The molecule has 0 amide bonds. The fraction of sp³-hybridized carbons (Fsp3) is 0.375. The quantitative estimate of drug-likeness (QED) is 0.772. The molecule has 19 heavy (non-hydrogen) atoms. The third-order valence-electron chi connectivity index (χ3n) is 3.92. The molecule has 0 spiro atoms. The Morgan fingerprint density at radius 1 is 1.26 bits per heavy atom. The van der Waals surface area contributed by atoms with E-state index in [9.17, 15) is 4.79 Å². The Hall–Kier alpha value is -1.90. The van der Waals surface area contributed by atoms with Crippen molar-refractivity contribution in [3.8, 4) is 0 Å². The number of piperidine rings is 1. The number of anilines is 1. The molecule has 3 nitrogen and oxygen atoms in total. The Labute approximate surface area is 113 Å². The summed E-state index contributed by atoms with van der Waals surface area (Å²) < 4.78 is 0. The van der Waals surface area contributed by atoms with E-state index in [1.807, 2.05) is 12.1 Å². The molecule has 1 saturated heterocycles. The van der Waals surface area contributed by atoms with E-state index in [0.29, 0.717) is 0 Å². The van der Waals surface area contributed by atoms with Crippen molar-refractivity contribution >= 4 is 23.0 Å². The zero-order valence-corrected chi connectivity index (χ0v) is 11.2. The zero-order valence-electron chi connectivity index (χ0n) is 11.2. The summed E-state index contributed by atoms with van der Waals surface area (Å²) >= 11 is 0. The van der Waals surface area contributed by atoms with Crippen molar-refractivity contribution in [3.63, 3.8) is 0 Å². The van der Waals surface area contributed by atoms with Gasteiger partial charge in [-0.15, -0.1) is 0 Å². The van der Waals surface area contributed by atoms with Crippen LogP contribution in [0, 0.1) is 12.8 Å². The summed E-state index contributed by atoms with van der Waals surface area (Å²) in [5.41, 5.74) is 2.25. The van der Waals surface area contributed by atoms with Gasteiger partial charge in [-0.3, -0.25) is 0 Å². The largest absolute Gasteiger partial charge is 0.356 e. The number of aromatic nitrogens is 1. The van der Waals surface area contributed by atoms with E-state index in [-0.39, 0.29) is 5.92 Å². The van der Waals surface area contributed by atoms with Crippen LogP contribution >= 0.6 is 0 Å². The van der Waals surface area contributed by atoms with Crippen molar-refractivity contribution in [3.05, 3.63) is 35.9 Å². The first kappa shape index (κ1) is 12.2. The van der Waals surface area contributed by atoms with Crippen LogP contribution in [0.3, 0.4) is 0 Å². The topological polar surface area (TPSA) is 33.2 Å². The molecule has 1 aliphatic heterocycles. The van der Waals surface area contributed by atoms with Crippen LogP contribution in [0.25, 0.3) is 10.9 Å².